The molecule has 1 aliphatic heterocycles. The average Bonchev–Trinajstić information content (AvgIpc) is 2.80. The van der Waals surface area contributed by atoms with Gasteiger partial charge in [-0.3, -0.25) is 4.79 Å². The van der Waals surface area contributed by atoms with Crippen LogP contribution in [0.2, 0.25) is 10.0 Å². The highest BCUT2D eigenvalue weighted by atomic mass is 35.5. The van der Waals surface area contributed by atoms with Gasteiger partial charge in [-0.2, -0.15) is 0 Å². The number of hydrogen-bond acceptors (Lipinski definition) is 3. The Kier molecular flexibility index (Phi) is 7.47. The quantitative estimate of drug-likeness (QED) is 0.368. The standard InChI is InChI=1S/C26H23Cl2F3N2O2/c1-17-6-11-22(21(28)14-17)33-13-12-32(16-23(33)18-7-9-20(27)10-8-18)25(34)15-19-4-2-3-5-24(19)35-26(29,30)31/h2-11,14,23H,12-13,15-16H2,1H3. The Morgan fingerprint density at radius 3 is 2.43 bits per heavy atom. The van der Waals surface area contributed by atoms with E-state index in [9.17, 15) is 18.0 Å². The third kappa shape index (κ3) is 6.21. The number of amides is 1. The second-order valence-electron chi connectivity index (χ2n) is 8.39. The highest BCUT2D eigenvalue weighted by Gasteiger charge is 2.34. The molecule has 1 heterocycles. The van der Waals surface area contributed by atoms with E-state index in [0.717, 1.165) is 16.8 Å². The zero-order valence-electron chi connectivity index (χ0n) is 18.9. The molecule has 0 aliphatic carbocycles. The first-order chi connectivity index (χ1) is 16.6. The molecule has 0 spiro atoms. The molecule has 0 saturated carbocycles. The number of ether oxygens (including phenoxy) is 1. The van der Waals surface area contributed by atoms with Crippen LogP contribution in [0.15, 0.2) is 66.7 Å². The Labute approximate surface area is 211 Å². The maximum atomic E-state index is 13.2. The van der Waals surface area contributed by atoms with Crippen LogP contribution in [0.4, 0.5) is 18.9 Å². The number of para-hydroxylation sites is 1. The first-order valence-electron chi connectivity index (χ1n) is 11.0. The Morgan fingerprint density at radius 1 is 1.03 bits per heavy atom. The smallest absolute Gasteiger partial charge is 0.405 e. The number of anilines is 1. The number of aryl methyl sites for hydroxylation is 1. The van der Waals surface area contributed by atoms with Crippen molar-refractivity contribution in [2.75, 3.05) is 24.5 Å². The van der Waals surface area contributed by atoms with Gasteiger partial charge in [0.1, 0.15) is 5.75 Å². The SMILES string of the molecule is Cc1ccc(N2CCN(C(=O)Cc3ccccc3OC(F)(F)F)CC2c2ccc(Cl)cc2)c(Cl)c1. The zero-order chi connectivity index (χ0) is 25.2. The van der Waals surface area contributed by atoms with Crippen molar-refractivity contribution >= 4 is 34.8 Å². The van der Waals surface area contributed by atoms with E-state index in [1.165, 1.54) is 18.2 Å². The lowest BCUT2D eigenvalue weighted by Crippen LogP contribution is -2.51. The number of carbonyl (C=O) groups is 1. The van der Waals surface area contributed by atoms with Crippen molar-refractivity contribution in [1.29, 1.82) is 0 Å². The first kappa shape index (κ1) is 25.2. The summed E-state index contributed by atoms with van der Waals surface area (Å²) in [6.07, 6.45) is -5.04. The van der Waals surface area contributed by atoms with Crippen LogP contribution in [-0.4, -0.2) is 36.8 Å². The van der Waals surface area contributed by atoms with E-state index in [2.05, 4.69) is 9.64 Å². The first-order valence-corrected chi connectivity index (χ1v) is 11.8. The van der Waals surface area contributed by atoms with Gasteiger partial charge in [-0.15, -0.1) is 13.2 Å². The number of nitrogens with zero attached hydrogens (tertiary/aromatic N) is 2. The molecule has 9 heteroatoms. The van der Waals surface area contributed by atoms with Crippen molar-refractivity contribution < 1.29 is 22.7 Å². The molecule has 1 saturated heterocycles. The average molecular weight is 523 g/mol. The van der Waals surface area contributed by atoms with Crippen molar-refractivity contribution in [2.24, 2.45) is 0 Å². The van der Waals surface area contributed by atoms with Crippen molar-refractivity contribution in [3.63, 3.8) is 0 Å². The number of carbonyl (C=O) groups excluding carboxylic acids is 1. The van der Waals surface area contributed by atoms with Crippen LogP contribution in [0.3, 0.4) is 0 Å². The maximum Gasteiger partial charge on any atom is 0.573 e. The summed E-state index contributed by atoms with van der Waals surface area (Å²) in [5.74, 6) is -0.649. The number of piperazine rings is 1. The Balaban J connectivity index is 1.59. The Morgan fingerprint density at radius 2 is 1.74 bits per heavy atom. The van der Waals surface area contributed by atoms with Gasteiger partial charge in [0.2, 0.25) is 5.91 Å². The fourth-order valence-corrected chi connectivity index (χ4v) is 4.73. The minimum Gasteiger partial charge on any atom is -0.405 e. The van der Waals surface area contributed by atoms with E-state index in [4.69, 9.17) is 23.2 Å². The van der Waals surface area contributed by atoms with E-state index in [1.807, 2.05) is 37.3 Å². The molecule has 1 unspecified atom stereocenters. The third-order valence-corrected chi connectivity index (χ3v) is 6.50. The summed E-state index contributed by atoms with van der Waals surface area (Å²) in [6.45, 7) is 3.20. The Hall–Kier alpha value is -2.90. The summed E-state index contributed by atoms with van der Waals surface area (Å²) in [5.41, 5.74) is 3.02. The lowest BCUT2D eigenvalue weighted by molar-refractivity contribution is -0.274. The van der Waals surface area contributed by atoms with Crippen LogP contribution in [0, 0.1) is 6.92 Å². The highest BCUT2D eigenvalue weighted by molar-refractivity contribution is 6.33. The Bertz CT molecular complexity index is 1200. The third-order valence-electron chi connectivity index (χ3n) is 5.94. The molecule has 1 amide bonds. The molecule has 1 fully saturated rings. The number of benzene rings is 3. The van der Waals surface area contributed by atoms with Gasteiger partial charge < -0.3 is 14.5 Å². The van der Waals surface area contributed by atoms with E-state index >= 15 is 0 Å². The molecule has 0 bridgehead atoms. The second-order valence-corrected chi connectivity index (χ2v) is 9.23. The van der Waals surface area contributed by atoms with Gasteiger partial charge in [0, 0.05) is 30.2 Å². The van der Waals surface area contributed by atoms with Gasteiger partial charge in [-0.25, -0.2) is 0 Å². The summed E-state index contributed by atoms with van der Waals surface area (Å²) in [6, 6.07) is 18.7. The van der Waals surface area contributed by atoms with E-state index < -0.39 is 6.36 Å². The molecule has 3 aromatic rings. The lowest BCUT2D eigenvalue weighted by atomic mass is 10.00. The van der Waals surface area contributed by atoms with Gasteiger partial charge >= 0.3 is 6.36 Å². The number of halogens is 5. The van der Waals surface area contributed by atoms with E-state index in [-0.39, 0.29) is 29.7 Å². The minimum absolute atomic E-state index is 0.182. The molecular weight excluding hydrogens is 500 g/mol. The summed E-state index contributed by atoms with van der Waals surface area (Å²) in [7, 11) is 0. The monoisotopic (exact) mass is 522 g/mol. The molecule has 184 valence electrons. The number of hydrogen-bond donors (Lipinski definition) is 0. The molecule has 0 N–H and O–H groups in total. The molecule has 4 rings (SSSR count). The normalized spacial score (nSPS) is 16.3. The maximum absolute atomic E-state index is 13.2. The zero-order valence-corrected chi connectivity index (χ0v) is 20.4. The molecular formula is C26H23Cl2F3N2O2. The van der Waals surface area contributed by atoms with Crippen LogP contribution < -0.4 is 9.64 Å². The molecule has 0 aromatic heterocycles. The van der Waals surface area contributed by atoms with Crippen molar-refractivity contribution in [3.8, 4) is 5.75 Å². The topological polar surface area (TPSA) is 32.8 Å². The van der Waals surface area contributed by atoms with E-state index in [1.54, 1.807) is 23.1 Å². The largest absolute Gasteiger partial charge is 0.573 e. The molecule has 4 nitrogen and oxygen atoms in total. The molecule has 1 aliphatic rings. The fourth-order valence-electron chi connectivity index (χ4n) is 4.26. The van der Waals surface area contributed by atoms with Crippen LogP contribution in [0.5, 0.6) is 5.75 Å². The number of alkyl halides is 3. The van der Waals surface area contributed by atoms with Gasteiger partial charge in [0.05, 0.1) is 23.2 Å². The van der Waals surface area contributed by atoms with Gasteiger partial charge in [0.15, 0.2) is 0 Å². The van der Waals surface area contributed by atoms with Gasteiger partial charge in [-0.05, 0) is 48.4 Å². The van der Waals surface area contributed by atoms with Crippen molar-refractivity contribution in [1.82, 2.24) is 4.90 Å². The lowest BCUT2D eigenvalue weighted by Gasteiger charge is -2.43. The van der Waals surface area contributed by atoms with Gasteiger partial charge in [0.25, 0.3) is 0 Å². The van der Waals surface area contributed by atoms with Gasteiger partial charge in [-0.1, -0.05) is 59.6 Å². The van der Waals surface area contributed by atoms with Crippen molar-refractivity contribution in [3.05, 3.63) is 93.5 Å². The fraction of sp³-hybridized carbons (Fsp3) is 0.269. The molecule has 0 radical (unpaired) electrons. The molecule has 3 aromatic carbocycles. The predicted molar refractivity (Wildman–Crippen MR) is 131 cm³/mol. The number of rotatable bonds is 5. The minimum atomic E-state index is -4.84. The summed E-state index contributed by atoms with van der Waals surface area (Å²) in [5, 5.41) is 1.21. The van der Waals surface area contributed by atoms with Crippen LogP contribution in [-0.2, 0) is 11.2 Å². The summed E-state index contributed by atoms with van der Waals surface area (Å²) < 4.78 is 42.5. The van der Waals surface area contributed by atoms with Crippen LogP contribution in [0.25, 0.3) is 0 Å². The predicted octanol–water partition coefficient (Wildman–Crippen LogP) is 6.83. The second kappa shape index (κ2) is 10.4. The molecule has 1 atom stereocenters. The van der Waals surface area contributed by atoms with Crippen LogP contribution >= 0.6 is 23.2 Å². The highest BCUT2D eigenvalue weighted by Crippen LogP contribution is 2.36. The molecule has 35 heavy (non-hydrogen) atoms. The summed E-state index contributed by atoms with van der Waals surface area (Å²) in [4.78, 5) is 17.0. The van der Waals surface area contributed by atoms with E-state index in [0.29, 0.717) is 29.7 Å². The summed E-state index contributed by atoms with van der Waals surface area (Å²) >= 11 is 12.7. The van der Waals surface area contributed by atoms with Crippen LogP contribution in [0.1, 0.15) is 22.7 Å². The van der Waals surface area contributed by atoms with Crippen molar-refractivity contribution in [2.45, 2.75) is 25.7 Å².